The average molecular weight is 324 g/mol. The Bertz CT molecular complexity index is 785. The van der Waals surface area contributed by atoms with Gasteiger partial charge in [0.1, 0.15) is 5.82 Å². The number of nitriles is 1. The summed E-state index contributed by atoms with van der Waals surface area (Å²) >= 11 is 0. The van der Waals surface area contributed by atoms with E-state index < -0.39 is 11.8 Å². The number of Topliss-reactive ketones (excluding diaryl/α,β-unsaturated/α-hetero) is 1. The van der Waals surface area contributed by atoms with Gasteiger partial charge in [0, 0.05) is 25.4 Å². The molecule has 1 fully saturated rings. The van der Waals surface area contributed by atoms with Gasteiger partial charge < -0.3 is 9.88 Å². The minimum absolute atomic E-state index is 0.0108. The van der Waals surface area contributed by atoms with Crippen LogP contribution in [0.15, 0.2) is 24.3 Å². The standard InChI is InChI=1S/C18H20N4O2/c1-11(2)9-22-10-12(7-16(22)23)17(24)13(8-19)18-20-14-5-3-4-6-15(14)21-18/h3-6,11-13H,7,9-10H2,1-2H3,(H,20,21). The third kappa shape index (κ3) is 3.02. The van der Waals surface area contributed by atoms with E-state index in [2.05, 4.69) is 16.0 Å². The third-order valence-electron chi connectivity index (χ3n) is 4.30. The number of imidazole rings is 1. The number of likely N-dealkylation sites (tertiary alicyclic amines) is 1. The second-order valence-electron chi connectivity index (χ2n) is 6.70. The number of para-hydroxylation sites is 2. The highest BCUT2D eigenvalue weighted by atomic mass is 16.2. The fraction of sp³-hybridized carbons (Fsp3) is 0.444. The molecule has 6 nitrogen and oxygen atoms in total. The Kier molecular flexibility index (Phi) is 4.34. The maximum Gasteiger partial charge on any atom is 0.223 e. The largest absolute Gasteiger partial charge is 0.342 e. The summed E-state index contributed by atoms with van der Waals surface area (Å²) in [4.78, 5) is 34.0. The number of carbonyl (C=O) groups excluding carboxylic acids is 2. The van der Waals surface area contributed by atoms with Gasteiger partial charge in [-0.2, -0.15) is 5.26 Å². The molecule has 1 amide bonds. The van der Waals surface area contributed by atoms with Crippen molar-refractivity contribution < 1.29 is 9.59 Å². The van der Waals surface area contributed by atoms with Crippen LogP contribution in [-0.2, 0) is 9.59 Å². The summed E-state index contributed by atoms with van der Waals surface area (Å²) in [6.07, 6.45) is 0.184. The summed E-state index contributed by atoms with van der Waals surface area (Å²) in [5.74, 6) is -0.925. The summed E-state index contributed by atoms with van der Waals surface area (Å²) in [6, 6.07) is 9.46. The molecule has 2 atom stereocenters. The van der Waals surface area contributed by atoms with Crippen LogP contribution >= 0.6 is 0 Å². The number of rotatable bonds is 5. The Balaban J connectivity index is 1.80. The van der Waals surface area contributed by atoms with Crippen molar-refractivity contribution in [3.8, 4) is 6.07 Å². The lowest BCUT2D eigenvalue weighted by molar-refractivity contribution is -0.129. The summed E-state index contributed by atoms with van der Waals surface area (Å²) in [5, 5.41) is 9.48. The van der Waals surface area contributed by atoms with Crippen LogP contribution in [0.2, 0.25) is 0 Å². The fourth-order valence-corrected chi connectivity index (χ4v) is 3.18. The molecule has 1 aliphatic heterocycles. The van der Waals surface area contributed by atoms with Crippen LogP contribution in [0.4, 0.5) is 0 Å². The first kappa shape index (κ1) is 16.2. The molecule has 0 radical (unpaired) electrons. The number of hydrogen-bond acceptors (Lipinski definition) is 4. The van der Waals surface area contributed by atoms with Crippen molar-refractivity contribution in [1.29, 1.82) is 5.26 Å². The molecular formula is C18H20N4O2. The maximum atomic E-state index is 12.8. The van der Waals surface area contributed by atoms with Gasteiger partial charge in [-0.3, -0.25) is 9.59 Å². The lowest BCUT2D eigenvalue weighted by Gasteiger charge is -2.18. The van der Waals surface area contributed by atoms with Crippen molar-refractivity contribution in [2.24, 2.45) is 11.8 Å². The minimum Gasteiger partial charge on any atom is -0.342 e. The second kappa shape index (κ2) is 6.44. The third-order valence-corrected chi connectivity index (χ3v) is 4.30. The first-order valence-electron chi connectivity index (χ1n) is 8.15. The molecule has 1 aliphatic rings. The van der Waals surface area contributed by atoms with E-state index in [-0.39, 0.29) is 18.1 Å². The van der Waals surface area contributed by atoms with Crippen LogP contribution in [0.5, 0.6) is 0 Å². The van der Waals surface area contributed by atoms with Crippen LogP contribution in [0.3, 0.4) is 0 Å². The van der Waals surface area contributed by atoms with Gasteiger partial charge >= 0.3 is 0 Å². The Morgan fingerprint density at radius 2 is 2.21 bits per heavy atom. The highest BCUT2D eigenvalue weighted by Crippen LogP contribution is 2.27. The van der Waals surface area contributed by atoms with Crippen LogP contribution in [0, 0.1) is 23.2 Å². The lowest BCUT2D eigenvalue weighted by atomic mass is 9.92. The molecule has 0 aliphatic carbocycles. The van der Waals surface area contributed by atoms with Gasteiger partial charge in [-0.05, 0) is 18.1 Å². The van der Waals surface area contributed by atoms with Crippen molar-refractivity contribution in [2.45, 2.75) is 26.2 Å². The number of fused-ring (bicyclic) bond motifs is 1. The number of ketones is 1. The number of nitrogens with zero attached hydrogens (tertiary/aromatic N) is 3. The van der Waals surface area contributed by atoms with Gasteiger partial charge in [0.25, 0.3) is 0 Å². The van der Waals surface area contributed by atoms with E-state index in [1.807, 2.05) is 38.1 Å². The summed E-state index contributed by atoms with van der Waals surface area (Å²) < 4.78 is 0. The van der Waals surface area contributed by atoms with Gasteiger partial charge in [-0.1, -0.05) is 26.0 Å². The minimum atomic E-state index is -0.964. The van der Waals surface area contributed by atoms with Crippen molar-refractivity contribution >= 4 is 22.7 Å². The zero-order chi connectivity index (χ0) is 17.3. The van der Waals surface area contributed by atoms with Crippen molar-refractivity contribution in [3.63, 3.8) is 0 Å². The number of amides is 1. The Labute approximate surface area is 140 Å². The highest BCUT2D eigenvalue weighted by molar-refractivity contribution is 5.95. The zero-order valence-electron chi connectivity index (χ0n) is 13.8. The summed E-state index contributed by atoms with van der Waals surface area (Å²) in [6.45, 7) is 5.11. The first-order valence-corrected chi connectivity index (χ1v) is 8.15. The van der Waals surface area contributed by atoms with E-state index in [1.54, 1.807) is 4.90 Å². The number of nitrogens with one attached hydrogen (secondary N) is 1. The number of H-pyrrole nitrogens is 1. The van der Waals surface area contributed by atoms with E-state index in [4.69, 9.17) is 0 Å². The summed E-state index contributed by atoms with van der Waals surface area (Å²) in [5.41, 5.74) is 1.52. The molecule has 2 heterocycles. The molecule has 1 aromatic heterocycles. The van der Waals surface area contributed by atoms with Gasteiger partial charge in [0.05, 0.1) is 17.1 Å². The fourth-order valence-electron chi connectivity index (χ4n) is 3.18. The van der Waals surface area contributed by atoms with Crippen LogP contribution in [-0.4, -0.2) is 39.6 Å². The predicted molar refractivity (Wildman–Crippen MR) is 89.0 cm³/mol. The molecule has 124 valence electrons. The molecule has 3 rings (SSSR count). The summed E-state index contributed by atoms with van der Waals surface area (Å²) in [7, 11) is 0. The zero-order valence-corrected chi connectivity index (χ0v) is 13.8. The molecule has 1 N–H and O–H groups in total. The molecule has 2 unspecified atom stereocenters. The molecular weight excluding hydrogens is 304 g/mol. The molecule has 6 heteroatoms. The predicted octanol–water partition coefficient (Wildman–Crippen LogP) is 2.24. The number of hydrogen-bond donors (Lipinski definition) is 1. The molecule has 1 aromatic carbocycles. The Hall–Kier alpha value is -2.68. The number of aromatic amines is 1. The van der Waals surface area contributed by atoms with Crippen LogP contribution in [0.1, 0.15) is 32.0 Å². The lowest BCUT2D eigenvalue weighted by Crippen LogP contribution is -2.30. The van der Waals surface area contributed by atoms with E-state index in [9.17, 15) is 14.9 Å². The first-order chi connectivity index (χ1) is 11.5. The number of aromatic nitrogens is 2. The average Bonchev–Trinajstić information content (AvgIpc) is 3.11. The SMILES string of the molecule is CC(C)CN1CC(C(=O)C(C#N)c2nc3ccccc3[nH]2)CC1=O. The molecule has 24 heavy (non-hydrogen) atoms. The highest BCUT2D eigenvalue weighted by Gasteiger charge is 2.38. The van der Waals surface area contributed by atoms with E-state index in [0.717, 1.165) is 11.0 Å². The van der Waals surface area contributed by atoms with E-state index >= 15 is 0 Å². The molecule has 0 spiro atoms. The van der Waals surface area contributed by atoms with Gasteiger partial charge in [-0.15, -0.1) is 0 Å². The molecule has 0 bridgehead atoms. The second-order valence-corrected chi connectivity index (χ2v) is 6.70. The van der Waals surface area contributed by atoms with Gasteiger partial charge in [-0.25, -0.2) is 4.98 Å². The van der Waals surface area contributed by atoms with Crippen LogP contribution < -0.4 is 0 Å². The Morgan fingerprint density at radius 1 is 1.46 bits per heavy atom. The van der Waals surface area contributed by atoms with Crippen molar-refractivity contribution in [3.05, 3.63) is 30.1 Å². The van der Waals surface area contributed by atoms with E-state index in [0.29, 0.717) is 24.8 Å². The van der Waals surface area contributed by atoms with Crippen molar-refractivity contribution in [1.82, 2.24) is 14.9 Å². The monoisotopic (exact) mass is 324 g/mol. The van der Waals surface area contributed by atoms with Crippen molar-refractivity contribution in [2.75, 3.05) is 13.1 Å². The topological polar surface area (TPSA) is 89.8 Å². The maximum absolute atomic E-state index is 12.8. The van der Waals surface area contributed by atoms with E-state index in [1.165, 1.54) is 0 Å². The molecule has 0 saturated carbocycles. The smallest absolute Gasteiger partial charge is 0.223 e. The Morgan fingerprint density at radius 3 is 2.88 bits per heavy atom. The molecule has 1 saturated heterocycles. The molecule has 2 aromatic rings. The number of carbonyl (C=O) groups is 2. The van der Waals surface area contributed by atoms with Gasteiger partial charge in [0.2, 0.25) is 5.91 Å². The normalized spacial score (nSPS) is 19.0. The van der Waals surface area contributed by atoms with Gasteiger partial charge in [0.15, 0.2) is 11.7 Å². The number of benzene rings is 1. The van der Waals surface area contributed by atoms with Crippen LogP contribution in [0.25, 0.3) is 11.0 Å². The quantitative estimate of drug-likeness (QED) is 0.913.